The Morgan fingerprint density at radius 2 is 2.31 bits per heavy atom. The summed E-state index contributed by atoms with van der Waals surface area (Å²) in [5.74, 6) is -3.27. The van der Waals surface area contributed by atoms with Gasteiger partial charge in [0.2, 0.25) is 0 Å². The predicted octanol–water partition coefficient (Wildman–Crippen LogP) is 2.14. The third-order valence-corrected chi connectivity index (χ3v) is 3.55. The fraction of sp³-hybridized carbons (Fsp3) is 0.429. The fourth-order valence-corrected chi connectivity index (χ4v) is 2.50. The molecule has 1 rings (SSSR count). The summed E-state index contributed by atoms with van der Waals surface area (Å²) < 4.78 is 26.4. The van der Waals surface area contributed by atoms with Crippen molar-refractivity contribution < 1.29 is 13.9 Å². The normalized spacial score (nSPS) is 14.5. The van der Waals surface area contributed by atoms with Gasteiger partial charge in [0.25, 0.3) is 5.92 Å². The first kappa shape index (κ1) is 11.0. The van der Waals surface area contributed by atoms with Crippen LogP contribution in [0.1, 0.15) is 10.9 Å². The van der Waals surface area contributed by atoms with Crippen molar-refractivity contribution in [2.24, 2.45) is 5.73 Å². The van der Waals surface area contributed by atoms with Crippen molar-refractivity contribution in [3.05, 3.63) is 20.8 Å². The Labute approximate surface area is 86.5 Å². The number of halogens is 3. The van der Waals surface area contributed by atoms with Crippen LogP contribution >= 0.6 is 27.3 Å². The van der Waals surface area contributed by atoms with Crippen LogP contribution in [0, 0.1) is 0 Å². The molecule has 0 unspecified atom stereocenters. The van der Waals surface area contributed by atoms with Gasteiger partial charge in [-0.3, -0.25) is 0 Å². The molecule has 0 aliphatic heterocycles. The van der Waals surface area contributed by atoms with Gasteiger partial charge in [-0.05, 0) is 27.4 Å². The van der Waals surface area contributed by atoms with Gasteiger partial charge < -0.3 is 10.8 Å². The average molecular weight is 272 g/mol. The maximum absolute atomic E-state index is 12.9. The maximum atomic E-state index is 12.9. The number of hydrogen-bond acceptors (Lipinski definition) is 3. The van der Waals surface area contributed by atoms with Gasteiger partial charge in [-0.1, -0.05) is 0 Å². The molecule has 0 aromatic carbocycles. The summed E-state index contributed by atoms with van der Waals surface area (Å²) in [5.41, 5.74) is 5.30. The fourth-order valence-electron chi connectivity index (χ4n) is 0.817. The first-order chi connectivity index (χ1) is 5.99. The van der Waals surface area contributed by atoms with Gasteiger partial charge >= 0.3 is 0 Å². The molecule has 13 heavy (non-hydrogen) atoms. The lowest BCUT2D eigenvalue weighted by atomic mass is 10.1. The standard InChI is InChI=1S/C7H8BrF2NOS/c8-4-1-2-13-5(4)6(11)7(9,10)3-12/h1-2,6,12H,3,11H2/t6-/m1/s1. The molecule has 6 heteroatoms. The summed E-state index contributed by atoms with van der Waals surface area (Å²) in [6.45, 7) is -1.24. The Morgan fingerprint density at radius 1 is 1.69 bits per heavy atom. The van der Waals surface area contributed by atoms with E-state index in [-0.39, 0.29) is 0 Å². The largest absolute Gasteiger partial charge is 0.390 e. The Balaban J connectivity index is 2.91. The minimum Gasteiger partial charge on any atom is -0.390 e. The Kier molecular flexibility index (Phi) is 3.39. The molecule has 0 radical (unpaired) electrons. The quantitative estimate of drug-likeness (QED) is 0.885. The van der Waals surface area contributed by atoms with Crippen molar-refractivity contribution >= 4 is 27.3 Å². The highest BCUT2D eigenvalue weighted by Crippen LogP contribution is 2.36. The monoisotopic (exact) mass is 271 g/mol. The summed E-state index contributed by atoms with van der Waals surface area (Å²) in [6.07, 6.45) is 0. The number of alkyl halides is 2. The minimum atomic E-state index is -3.27. The molecule has 0 aliphatic carbocycles. The summed E-state index contributed by atoms with van der Waals surface area (Å²) >= 11 is 4.24. The molecular formula is C7H8BrF2NOS. The highest BCUT2D eigenvalue weighted by atomic mass is 79.9. The van der Waals surface area contributed by atoms with Crippen molar-refractivity contribution in [1.29, 1.82) is 0 Å². The van der Waals surface area contributed by atoms with Crippen LogP contribution in [0.15, 0.2) is 15.9 Å². The van der Waals surface area contributed by atoms with Crippen molar-refractivity contribution in [2.75, 3.05) is 6.61 Å². The summed E-state index contributed by atoms with van der Waals surface area (Å²) in [4.78, 5) is 0.346. The van der Waals surface area contributed by atoms with Crippen molar-refractivity contribution in [2.45, 2.75) is 12.0 Å². The third kappa shape index (κ3) is 2.25. The van der Waals surface area contributed by atoms with Crippen LogP contribution in [0.2, 0.25) is 0 Å². The second-order valence-corrected chi connectivity index (χ2v) is 4.33. The summed E-state index contributed by atoms with van der Waals surface area (Å²) in [5, 5.41) is 10.1. The molecule has 0 aliphatic rings. The molecular weight excluding hydrogens is 264 g/mol. The number of hydrogen-bond donors (Lipinski definition) is 2. The smallest absolute Gasteiger partial charge is 0.290 e. The van der Waals surface area contributed by atoms with Crippen LogP contribution in [0.5, 0.6) is 0 Å². The number of nitrogens with two attached hydrogens (primary N) is 1. The molecule has 1 heterocycles. The van der Waals surface area contributed by atoms with Crippen molar-refractivity contribution in [3.63, 3.8) is 0 Å². The number of aliphatic hydroxyl groups excluding tert-OH is 1. The zero-order valence-corrected chi connectivity index (χ0v) is 8.91. The Hall–Kier alpha value is -0.0400. The van der Waals surface area contributed by atoms with Gasteiger partial charge in [0.1, 0.15) is 12.6 Å². The van der Waals surface area contributed by atoms with E-state index in [1.54, 1.807) is 11.4 Å². The summed E-state index contributed by atoms with van der Waals surface area (Å²) in [7, 11) is 0. The van der Waals surface area contributed by atoms with Crippen molar-refractivity contribution in [3.8, 4) is 0 Å². The first-order valence-electron chi connectivity index (χ1n) is 3.46. The van der Waals surface area contributed by atoms with E-state index in [9.17, 15) is 8.78 Å². The lowest BCUT2D eigenvalue weighted by Crippen LogP contribution is -2.35. The average Bonchev–Trinajstić information content (AvgIpc) is 2.50. The van der Waals surface area contributed by atoms with Crippen LogP contribution in [0.25, 0.3) is 0 Å². The van der Waals surface area contributed by atoms with Crippen LogP contribution in [-0.4, -0.2) is 17.6 Å². The molecule has 74 valence electrons. The van der Waals surface area contributed by atoms with E-state index in [4.69, 9.17) is 10.8 Å². The van der Waals surface area contributed by atoms with E-state index in [0.717, 1.165) is 11.3 Å². The van der Waals surface area contributed by atoms with Gasteiger partial charge in [0.05, 0.1) is 0 Å². The Bertz CT molecular complexity index is 292. The number of rotatable bonds is 3. The second kappa shape index (κ2) is 4.00. The number of thiophene rings is 1. The second-order valence-electron chi connectivity index (χ2n) is 2.53. The van der Waals surface area contributed by atoms with Gasteiger partial charge in [-0.15, -0.1) is 11.3 Å². The third-order valence-electron chi connectivity index (χ3n) is 1.59. The predicted molar refractivity (Wildman–Crippen MR) is 51.0 cm³/mol. The van der Waals surface area contributed by atoms with E-state index in [1.165, 1.54) is 0 Å². The van der Waals surface area contributed by atoms with E-state index in [2.05, 4.69) is 15.9 Å². The molecule has 2 nitrogen and oxygen atoms in total. The van der Waals surface area contributed by atoms with Gasteiger partial charge in [-0.2, -0.15) is 0 Å². The molecule has 0 saturated carbocycles. The zero-order valence-electron chi connectivity index (χ0n) is 6.51. The minimum absolute atomic E-state index is 0.346. The maximum Gasteiger partial charge on any atom is 0.290 e. The highest BCUT2D eigenvalue weighted by molar-refractivity contribution is 9.10. The molecule has 3 N–H and O–H groups in total. The lowest BCUT2D eigenvalue weighted by molar-refractivity contribution is -0.0705. The molecule has 0 amide bonds. The highest BCUT2D eigenvalue weighted by Gasteiger charge is 2.38. The van der Waals surface area contributed by atoms with E-state index in [0.29, 0.717) is 9.35 Å². The zero-order chi connectivity index (χ0) is 10.1. The molecule has 1 aromatic rings. The van der Waals surface area contributed by atoms with E-state index >= 15 is 0 Å². The van der Waals surface area contributed by atoms with Gasteiger partial charge in [0, 0.05) is 9.35 Å². The molecule has 1 aromatic heterocycles. The lowest BCUT2D eigenvalue weighted by Gasteiger charge is -2.20. The molecule has 0 spiro atoms. The van der Waals surface area contributed by atoms with Crippen LogP contribution in [0.3, 0.4) is 0 Å². The summed E-state index contributed by atoms with van der Waals surface area (Å²) in [6, 6.07) is 0.194. The van der Waals surface area contributed by atoms with Gasteiger partial charge in [-0.25, -0.2) is 8.78 Å². The molecule has 0 saturated heterocycles. The topological polar surface area (TPSA) is 46.2 Å². The molecule has 0 bridgehead atoms. The first-order valence-corrected chi connectivity index (χ1v) is 5.13. The van der Waals surface area contributed by atoms with Gasteiger partial charge in [0.15, 0.2) is 0 Å². The van der Waals surface area contributed by atoms with Crippen LogP contribution in [0.4, 0.5) is 8.78 Å². The van der Waals surface area contributed by atoms with E-state index < -0.39 is 18.6 Å². The van der Waals surface area contributed by atoms with Crippen molar-refractivity contribution in [1.82, 2.24) is 0 Å². The van der Waals surface area contributed by atoms with Crippen LogP contribution in [-0.2, 0) is 0 Å². The van der Waals surface area contributed by atoms with E-state index in [1.807, 2.05) is 0 Å². The number of aliphatic hydroxyl groups is 1. The Morgan fingerprint density at radius 3 is 2.69 bits per heavy atom. The van der Waals surface area contributed by atoms with Crippen LogP contribution < -0.4 is 5.73 Å². The molecule has 0 fully saturated rings. The SMILES string of the molecule is N[C@H](c1sccc1Br)C(F)(F)CO. The molecule has 1 atom stereocenters.